The minimum Gasteiger partial charge on any atom is -0.372 e. The summed E-state index contributed by atoms with van der Waals surface area (Å²) in [4.78, 5) is 0. The van der Waals surface area contributed by atoms with Crippen molar-refractivity contribution in [1.82, 2.24) is 0 Å². The Kier molecular flexibility index (Phi) is 57.3. The molecule has 8 aliphatic rings. The zero-order chi connectivity index (χ0) is 102. The summed E-state index contributed by atoms with van der Waals surface area (Å²) in [5.41, 5.74) is 7.49. The van der Waals surface area contributed by atoms with E-state index in [0.29, 0.717) is 48.1 Å². The van der Waals surface area contributed by atoms with Crippen LogP contribution in [0.1, 0.15) is 465 Å². The minimum atomic E-state index is -0.750. The maximum atomic E-state index is 8.29. The molecule has 0 saturated heterocycles. The fraction of sp³-hybridized carbons (Fsp3) is 0.712. The third kappa shape index (κ3) is 52.0. The topological polar surface area (TPSA) is 142 Å². The van der Waals surface area contributed by atoms with Crippen LogP contribution in [-0.2, 0) is 85.1 Å². The molecule has 0 N–H and O–H groups in total. The monoisotopic (exact) mass is 1960 g/mol. The molecule has 12 nitrogen and oxygen atoms in total. The SMILES string of the molecule is C.CC(C)(C)O[C@@H](Cc1ccccc1)C1CCCC1.CC(C)(C)O[C@@H](c1ccccc1)C1CCCC1.CC(C)(C)O[C@@](C)(c1ccccc1)C1CCCC1.CC(C)(C)O[C@H](Cc1ccccc1)C1CCCC1.CC(C)(C)O[C@H](c1ccccc1)C1CCCC1.CC(C)(C)O[C@](C)(c1ccccc1)C1CCCC1.CC[C@@H](OC(C)(C)C)C1CCCC1.CC[C@H](OC(C)(C)C)C1CCCC1.O=S=O.O=S=O. The second-order valence-corrected chi connectivity index (χ2v) is 49.4. The molecular formula is C125H204O12S2. The number of hydrogen-bond acceptors (Lipinski definition) is 12. The molecule has 139 heavy (non-hydrogen) atoms. The van der Waals surface area contributed by atoms with Crippen molar-refractivity contribution in [2.75, 3.05) is 0 Å². The van der Waals surface area contributed by atoms with Crippen molar-refractivity contribution in [3.8, 4) is 0 Å². The average Bonchev–Trinajstić information content (AvgIpc) is 1.71. The highest BCUT2D eigenvalue weighted by Gasteiger charge is 2.44. The van der Waals surface area contributed by atoms with E-state index in [9.17, 15) is 0 Å². The lowest BCUT2D eigenvalue weighted by Gasteiger charge is -2.41. The van der Waals surface area contributed by atoms with Crippen LogP contribution in [-0.4, -0.2) is 86.1 Å². The van der Waals surface area contributed by atoms with Gasteiger partial charge in [0.2, 0.25) is 0 Å². The molecule has 0 amide bonds. The average molecular weight is 1960 g/mol. The Bertz CT molecular complexity index is 3860. The van der Waals surface area contributed by atoms with Gasteiger partial charge in [-0.1, -0.05) is 306 Å². The van der Waals surface area contributed by atoms with E-state index in [1.807, 2.05) is 0 Å². The zero-order valence-electron chi connectivity index (χ0n) is 92.6. The van der Waals surface area contributed by atoms with Gasteiger partial charge in [-0.3, -0.25) is 0 Å². The van der Waals surface area contributed by atoms with Crippen molar-refractivity contribution in [2.24, 2.45) is 47.3 Å². The quantitative estimate of drug-likeness (QED) is 0.0510. The summed E-state index contributed by atoms with van der Waals surface area (Å²) in [6.45, 7) is 60.8. The third-order valence-corrected chi connectivity index (χ3v) is 28.0. The Balaban J connectivity index is 0.000000329. The van der Waals surface area contributed by atoms with Gasteiger partial charge in [0.25, 0.3) is 0 Å². The molecule has 788 valence electrons. The standard InChI is InChI=1S/4C17H26O.2C16H24O.2C12H24O.CH4.2O2S/c2*1-16(2,3)18-17(4,15-12-8-9-13-15)14-10-6-5-7-11-14;2*1-17(2,3)18-16(15-11-7-8-12-15)13-14-9-5-4-6-10-14;2*1-16(2,3)17-15(14-11-7-8-12-14)13-9-5-4-6-10-13;2*1-5-11(13-12(2,3)4)10-8-6-7-9-10;;2*1-3-2/h2*5-7,10-11,15H,8-9,12-13H2,1-4H3;2*4-6,9-10,15-16H,7-8,11-13H2,1-3H3;2*4-6,9-10,14-15H,7-8,11-12H2,1-3H3;2*10-11H,5-9H2,1-4H3;1H4;;/t2*17-;2*16-;2*15-;2*11-;;;/m10101010.../s1. The van der Waals surface area contributed by atoms with E-state index in [1.54, 1.807) is 0 Å². The summed E-state index contributed by atoms with van der Waals surface area (Å²) >= 11 is -1.50. The molecule has 14 heteroatoms. The summed E-state index contributed by atoms with van der Waals surface area (Å²) < 4.78 is 83.6. The number of rotatable bonds is 26. The minimum absolute atomic E-state index is 0. The molecule has 8 saturated carbocycles. The predicted molar refractivity (Wildman–Crippen MR) is 589 cm³/mol. The fourth-order valence-corrected chi connectivity index (χ4v) is 22.4. The van der Waals surface area contributed by atoms with Crippen molar-refractivity contribution in [3.63, 3.8) is 0 Å². The van der Waals surface area contributed by atoms with Crippen LogP contribution in [0.4, 0.5) is 0 Å². The first-order valence-corrected chi connectivity index (χ1v) is 55.9. The largest absolute Gasteiger partial charge is 0.372 e. The Morgan fingerprint density at radius 2 is 0.417 bits per heavy atom. The Morgan fingerprint density at radius 1 is 0.237 bits per heavy atom. The summed E-state index contributed by atoms with van der Waals surface area (Å²) in [6, 6.07) is 64.4. The fourth-order valence-electron chi connectivity index (χ4n) is 22.4. The van der Waals surface area contributed by atoms with E-state index in [4.69, 9.17) is 54.7 Å². The van der Waals surface area contributed by atoms with Gasteiger partial charge < -0.3 is 37.9 Å². The molecular weight excluding hydrogens is 1760 g/mol. The summed E-state index contributed by atoms with van der Waals surface area (Å²) in [5.74, 6) is 5.90. The molecule has 0 heterocycles. The second-order valence-electron chi connectivity index (χ2n) is 49.1. The lowest BCUT2D eigenvalue weighted by Crippen LogP contribution is -2.40. The number of hydrogen-bond donors (Lipinski definition) is 0. The van der Waals surface area contributed by atoms with E-state index >= 15 is 0 Å². The highest BCUT2D eigenvalue weighted by Crippen LogP contribution is 2.49. The number of ether oxygens (including phenoxy) is 8. The van der Waals surface area contributed by atoms with Crippen molar-refractivity contribution in [2.45, 2.75) is 525 Å². The van der Waals surface area contributed by atoms with Crippen LogP contribution in [0.15, 0.2) is 182 Å². The normalized spacial score (nSPS) is 19.4. The van der Waals surface area contributed by atoms with Gasteiger partial charge in [0, 0.05) is 0 Å². The van der Waals surface area contributed by atoms with Crippen molar-refractivity contribution in [1.29, 1.82) is 0 Å². The second kappa shape index (κ2) is 63.2. The van der Waals surface area contributed by atoms with Crippen LogP contribution < -0.4 is 0 Å². The van der Waals surface area contributed by atoms with Crippen molar-refractivity contribution >= 4 is 23.1 Å². The number of benzene rings is 6. The van der Waals surface area contributed by atoms with Gasteiger partial charge in [-0.05, 0) is 389 Å². The van der Waals surface area contributed by atoms with E-state index in [2.05, 4.69) is 376 Å². The molecule has 0 aliphatic heterocycles. The van der Waals surface area contributed by atoms with Crippen LogP contribution in [0.5, 0.6) is 0 Å². The lowest BCUT2D eigenvalue weighted by molar-refractivity contribution is -0.157. The van der Waals surface area contributed by atoms with Crippen LogP contribution in [0, 0.1) is 47.3 Å². The molecule has 0 spiro atoms. The molecule has 8 fully saturated rings. The zero-order valence-corrected chi connectivity index (χ0v) is 94.2. The van der Waals surface area contributed by atoms with Crippen LogP contribution in [0.25, 0.3) is 0 Å². The lowest BCUT2D eigenvalue weighted by atomic mass is 9.81. The van der Waals surface area contributed by atoms with E-state index in [0.717, 1.165) is 36.5 Å². The van der Waals surface area contributed by atoms with Gasteiger partial charge in [-0.15, -0.1) is 0 Å². The van der Waals surface area contributed by atoms with E-state index in [-0.39, 0.29) is 75.6 Å². The molecule has 8 aliphatic carbocycles. The summed E-state index contributed by atoms with van der Waals surface area (Å²) in [5, 5.41) is 0. The molecule has 6 aromatic carbocycles. The highest BCUT2D eigenvalue weighted by atomic mass is 32.1. The van der Waals surface area contributed by atoms with E-state index in [1.165, 1.54) is 252 Å². The molecule has 14 rings (SSSR count). The first-order valence-electron chi connectivity index (χ1n) is 54.5. The molecule has 0 aromatic heterocycles. The summed E-state index contributed by atoms with van der Waals surface area (Å²) in [7, 11) is 0. The smallest absolute Gasteiger partial charge is 0.335 e. The first kappa shape index (κ1) is 126. The molecule has 8 atom stereocenters. The van der Waals surface area contributed by atoms with Crippen molar-refractivity contribution < 1.29 is 54.7 Å². The Hall–Kier alpha value is -5.36. The van der Waals surface area contributed by atoms with Gasteiger partial charge in [-0.25, -0.2) is 0 Å². The maximum absolute atomic E-state index is 8.29. The van der Waals surface area contributed by atoms with Gasteiger partial charge in [0.15, 0.2) is 0 Å². The van der Waals surface area contributed by atoms with Gasteiger partial charge in [0.05, 0.1) is 92.6 Å². The van der Waals surface area contributed by atoms with Crippen LogP contribution in [0.2, 0.25) is 0 Å². The third-order valence-electron chi connectivity index (χ3n) is 28.0. The van der Waals surface area contributed by atoms with Crippen LogP contribution >= 0.6 is 0 Å². The Morgan fingerprint density at radius 3 is 0.619 bits per heavy atom. The Labute approximate surface area is 859 Å². The van der Waals surface area contributed by atoms with Gasteiger partial charge in [-0.2, -0.15) is 16.8 Å². The molecule has 0 bridgehead atoms. The highest BCUT2D eigenvalue weighted by molar-refractivity contribution is 7.52. The first-order chi connectivity index (χ1) is 64.9. The van der Waals surface area contributed by atoms with Crippen molar-refractivity contribution in [3.05, 3.63) is 215 Å². The summed E-state index contributed by atoms with van der Waals surface area (Å²) in [6.07, 6.45) is 50.1. The predicted octanol–water partition coefficient (Wildman–Crippen LogP) is 35.3. The van der Waals surface area contributed by atoms with E-state index < -0.39 is 23.1 Å². The van der Waals surface area contributed by atoms with Crippen LogP contribution in [0.3, 0.4) is 0 Å². The van der Waals surface area contributed by atoms with Gasteiger partial charge in [0.1, 0.15) is 0 Å². The maximum Gasteiger partial charge on any atom is 0.335 e. The molecule has 0 unspecified atom stereocenters. The van der Waals surface area contributed by atoms with Gasteiger partial charge >= 0.3 is 23.1 Å². The molecule has 6 aromatic rings. The molecule has 0 radical (unpaired) electrons.